The summed E-state index contributed by atoms with van der Waals surface area (Å²) in [6.07, 6.45) is 0.534. The Kier molecular flexibility index (Phi) is 6.28. The minimum atomic E-state index is -3.74. The van der Waals surface area contributed by atoms with E-state index in [0.29, 0.717) is 11.1 Å². The van der Waals surface area contributed by atoms with Gasteiger partial charge in [-0.2, -0.15) is 0 Å². The molecule has 2 N–H and O–H groups in total. The van der Waals surface area contributed by atoms with Gasteiger partial charge in [0, 0.05) is 37.3 Å². The number of rotatable bonds is 5. The van der Waals surface area contributed by atoms with Crippen LogP contribution < -0.4 is 10.0 Å². The van der Waals surface area contributed by atoms with E-state index < -0.39 is 33.3 Å². The number of hydrogen-bond acceptors (Lipinski definition) is 7. The number of anilines is 1. The molecule has 2 saturated heterocycles. The minimum Gasteiger partial charge on any atom is -0.450 e. The van der Waals surface area contributed by atoms with Crippen LogP contribution in [0, 0.1) is 0 Å². The molecule has 178 valence electrons. The van der Waals surface area contributed by atoms with Crippen molar-refractivity contribution in [1.29, 1.82) is 0 Å². The van der Waals surface area contributed by atoms with Crippen molar-refractivity contribution in [2.75, 3.05) is 24.4 Å². The summed E-state index contributed by atoms with van der Waals surface area (Å²) in [5.41, 5.74) is 1.28. The van der Waals surface area contributed by atoms with Crippen LogP contribution in [0.15, 0.2) is 18.2 Å². The van der Waals surface area contributed by atoms with Crippen molar-refractivity contribution < 1.29 is 32.3 Å². The largest absolute Gasteiger partial charge is 0.450 e. The van der Waals surface area contributed by atoms with Crippen LogP contribution in [0.5, 0.6) is 0 Å². The molecule has 1 unspecified atom stereocenters. The molecule has 33 heavy (non-hydrogen) atoms. The maximum absolute atomic E-state index is 12.9. The van der Waals surface area contributed by atoms with Crippen LogP contribution in [-0.4, -0.2) is 73.0 Å². The summed E-state index contributed by atoms with van der Waals surface area (Å²) in [5.74, 6) is -1.23. The van der Waals surface area contributed by atoms with Crippen molar-refractivity contribution in [1.82, 2.24) is 15.1 Å². The Morgan fingerprint density at radius 1 is 1.18 bits per heavy atom. The molecule has 12 heteroatoms. The molecule has 1 aromatic carbocycles. The monoisotopic (exact) mass is 478 g/mol. The SMILES string of the molecule is CCOC(=O)N1CCC(S(=O)(=O)Nc2ccc3c(c2)C(=O)N(C2CCC(=O)NC2=O)C3)CC1. The molecule has 3 aliphatic rings. The van der Waals surface area contributed by atoms with E-state index in [2.05, 4.69) is 10.0 Å². The first-order chi connectivity index (χ1) is 15.7. The summed E-state index contributed by atoms with van der Waals surface area (Å²) in [5, 5.41) is 1.58. The highest BCUT2D eigenvalue weighted by Crippen LogP contribution is 2.30. The quantitative estimate of drug-likeness (QED) is 0.596. The fourth-order valence-corrected chi connectivity index (χ4v) is 5.88. The second-order valence-corrected chi connectivity index (χ2v) is 10.3. The Balaban J connectivity index is 1.42. The number of benzene rings is 1. The van der Waals surface area contributed by atoms with Crippen molar-refractivity contribution in [2.45, 2.75) is 50.4 Å². The number of imide groups is 1. The Morgan fingerprint density at radius 3 is 2.58 bits per heavy atom. The van der Waals surface area contributed by atoms with Crippen molar-refractivity contribution in [2.24, 2.45) is 0 Å². The van der Waals surface area contributed by atoms with Gasteiger partial charge in [-0.15, -0.1) is 0 Å². The van der Waals surface area contributed by atoms with Crippen LogP contribution in [0.3, 0.4) is 0 Å². The van der Waals surface area contributed by atoms with Gasteiger partial charge in [-0.25, -0.2) is 13.2 Å². The molecule has 0 aliphatic carbocycles. The number of sulfonamides is 1. The second-order valence-electron chi connectivity index (χ2n) is 8.30. The first-order valence-electron chi connectivity index (χ1n) is 10.9. The molecule has 4 amide bonds. The van der Waals surface area contributed by atoms with Gasteiger partial charge >= 0.3 is 6.09 Å². The number of ether oxygens (including phenoxy) is 1. The van der Waals surface area contributed by atoms with E-state index in [9.17, 15) is 27.6 Å². The molecule has 3 aliphatic heterocycles. The number of nitrogens with one attached hydrogen (secondary N) is 2. The van der Waals surface area contributed by atoms with E-state index >= 15 is 0 Å². The fraction of sp³-hybridized carbons (Fsp3) is 0.524. The summed E-state index contributed by atoms with van der Waals surface area (Å²) in [6, 6.07) is 4.01. The predicted molar refractivity (Wildman–Crippen MR) is 117 cm³/mol. The third-order valence-electron chi connectivity index (χ3n) is 6.20. The highest BCUT2D eigenvalue weighted by Gasteiger charge is 2.39. The number of nitrogens with zero attached hydrogens (tertiary/aromatic N) is 2. The third-order valence-corrected chi connectivity index (χ3v) is 8.06. The Bertz CT molecular complexity index is 1100. The smallest absolute Gasteiger partial charge is 0.409 e. The fourth-order valence-electron chi connectivity index (χ4n) is 4.43. The van der Waals surface area contributed by atoms with Crippen LogP contribution in [0.25, 0.3) is 0 Å². The van der Waals surface area contributed by atoms with Gasteiger partial charge < -0.3 is 14.5 Å². The van der Waals surface area contributed by atoms with Gasteiger partial charge in [-0.1, -0.05) is 6.07 Å². The van der Waals surface area contributed by atoms with E-state index in [1.165, 1.54) is 15.9 Å². The van der Waals surface area contributed by atoms with Crippen LogP contribution in [0.4, 0.5) is 10.5 Å². The molecule has 3 heterocycles. The Morgan fingerprint density at radius 2 is 1.91 bits per heavy atom. The summed E-state index contributed by atoms with van der Waals surface area (Å²) in [4.78, 5) is 51.2. The molecular formula is C21H26N4O7S. The number of carbonyl (C=O) groups excluding carboxylic acids is 4. The molecule has 0 aromatic heterocycles. The molecule has 11 nitrogen and oxygen atoms in total. The van der Waals surface area contributed by atoms with Gasteiger partial charge in [0.1, 0.15) is 6.04 Å². The molecule has 0 radical (unpaired) electrons. The lowest BCUT2D eigenvalue weighted by Crippen LogP contribution is -2.52. The predicted octanol–water partition coefficient (Wildman–Crippen LogP) is 0.810. The Hall–Kier alpha value is -3.15. The molecule has 2 fully saturated rings. The zero-order chi connectivity index (χ0) is 23.8. The van der Waals surface area contributed by atoms with Gasteiger partial charge in [0.15, 0.2) is 0 Å². The minimum absolute atomic E-state index is 0.163. The summed E-state index contributed by atoms with van der Waals surface area (Å²) in [6.45, 7) is 2.77. The number of fused-ring (bicyclic) bond motifs is 1. The second kappa shape index (κ2) is 9.00. The van der Waals surface area contributed by atoms with E-state index in [1.54, 1.807) is 19.1 Å². The first kappa shape index (κ1) is 23.0. The normalized spacial score (nSPS) is 21.6. The average molecular weight is 479 g/mol. The summed E-state index contributed by atoms with van der Waals surface area (Å²) in [7, 11) is -3.74. The number of carbonyl (C=O) groups is 4. The molecule has 0 saturated carbocycles. The van der Waals surface area contributed by atoms with E-state index in [0.717, 1.165) is 0 Å². The highest BCUT2D eigenvalue weighted by molar-refractivity contribution is 7.93. The maximum Gasteiger partial charge on any atom is 0.409 e. The van der Waals surface area contributed by atoms with Gasteiger partial charge in [-0.3, -0.25) is 24.4 Å². The van der Waals surface area contributed by atoms with Crippen LogP contribution >= 0.6 is 0 Å². The molecule has 1 atom stereocenters. The van der Waals surface area contributed by atoms with Crippen LogP contribution in [0.2, 0.25) is 0 Å². The average Bonchev–Trinajstić information content (AvgIpc) is 3.09. The van der Waals surface area contributed by atoms with Gasteiger partial charge in [0.05, 0.1) is 11.9 Å². The van der Waals surface area contributed by atoms with Crippen LogP contribution in [-0.2, 0) is 30.9 Å². The summed E-state index contributed by atoms with van der Waals surface area (Å²) < 4.78 is 33.3. The lowest BCUT2D eigenvalue weighted by molar-refractivity contribution is -0.136. The lowest BCUT2D eigenvalue weighted by Gasteiger charge is -2.31. The molecule has 1 aromatic rings. The zero-order valence-corrected chi connectivity index (χ0v) is 19.0. The van der Waals surface area contributed by atoms with Gasteiger partial charge in [0.25, 0.3) is 5.91 Å². The topological polar surface area (TPSA) is 142 Å². The Labute approximate surface area is 191 Å². The van der Waals surface area contributed by atoms with Gasteiger partial charge in [-0.05, 0) is 43.9 Å². The lowest BCUT2D eigenvalue weighted by atomic mass is 10.0. The summed E-state index contributed by atoms with van der Waals surface area (Å²) >= 11 is 0. The number of hydrogen-bond donors (Lipinski definition) is 2. The van der Waals surface area contributed by atoms with Crippen molar-refractivity contribution in [3.63, 3.8) is 0 Å². The van der Waals surface area contributed by atoms with Crippen molar-refractivity contribution in [3.05, 3.63) is 29.3 Å². The third kappa shape index (κ3) is 4.65. The van der Waals surface area contributed by atoms with Crippen molar-refractivity contribution in [3.8, 4) is 0 Å². The molecule has 4 rings (SSSR count). The number of piperidine rings is 2. The van der Waals surface area contributed by atoms with E-state index in [-0.39, 0.29) is 69.4 Å². The molecule has 0 bridgehead atoms. The van der Waals surface area contributed by atoms with E-state index in [1.807, 2.05) is 0 Å². The zero-order valence-electron chi connectivity index (χ0n) is 18.2. The van der Waals surface area contributed by atoms with E-state index in [4.69, 9.17) is 4.74 Å². The van der Waals surface area contributed by atoms with Gasteiger partial charge in [0.2, 0.25) is 21.8 Å². The standard InChI is InChI=1S/C21H26N4O7S/c1-2-32-21(29)24-9-7-15(8-10-24)33(30,31)23-14-4-3-13-12-25(20(28)16(13)11-14)17-5-6-18(26)22-19(17)27/h3-4,11,15,17,23H,2,5-10,12H2,1H3,(H,22,26,27). The number of likely N-dealkylation sites (tertiary alicyclic amines) is 1. The highest BCUT2D eigenvalue weighted by atomic mass is 32.2. The first-order valence-corrected chi connectivity index (χ1v) is 12.4. The van der Waals surface area contributed by atoms with Crippen LogP contribution in [0.1, 0.15) is 48.5 Å². The molecular weight excluding hydrogens is 452 g/mol. The van der Waals surface area contributed by atoms with Crippen molar-refractivity contribution >= 4 is 39.5 Å². The number of amides is 4. The maximum atomic E-state index is 12.9. The molecule has 0 spiro atoms.